The molecule has 0 radical (unpaired) electrons. The van der Waals surface area contributed by atoms with E-state index in [2.05, 4.69) is 24.2 Å². The number of rotatable bonds is 12. The second kappa shape index (κ2) is 21.4. The van der Waals surface area contributed by atoms with Crippen molar-refractivity contribution in [2.45, 2.75) is 186 Å². The third-order valence-electron chi connectivity index (χ3n) is 13.1. The number of aliphatic hydroxyl groups is 3. The van der Waals surface area contributed by atoms with Crippen LogP contribution in [0.5, 0.6) is 0 Å². The highest BCUT2D eigenvalue weighted by atomic mass is 16.7. The first-order valence-corrected chi connectivity index (χ1v) is 21.7. The highest BCUT2D eigenvalue weighted by Gasteiger charge is 2.56. The Kier molecular flexibility index (Phi) is 17.7. The molecule has 1 aromatic rings. The van der Waals surface area contributed by atoms with Gasteiger partial charge in [-0.05, 0) is 104 Å². The number of cyclic esters (lactones) is 1. The predicted octanol–water partition coefficient (Wildman–Crippen LogP) is 4.38. The summed E-state index contributed by atoms with van der Waals surface area (Å²) in [6, 6.07) is 7.24. The van der Waals surface area contributed by atoms with E-state index in [1.165, 1.54) is 6.92 Å². The predicted molar refractivity (Wildman–Crippen MR) is 222 cm³/mol. The number of benzene rings is 1. The molecular formula is C44H74N4O11. The van der Waals surface area contributed by atoms with Crippen LogP contribution in [-0.2, 0) is 39.9 Å². The van der Waals surface area contributed by atoms with Gasteiger partial charge in [0.15, 0.2) is 6.29 Å². The van der Waals surface area contributed by atoms with Gasteiger partial charge in [-0.2, -0.15) is 0 Å². The van der Waals surface area contributed by atoms with Crippen molar-refractivity contribution >= 4 is 23.5 Å². The van der Waals surface area contributed by atoms with Gasteiger partial charge in [0.1, 0.15) is 23.9 Å². The number of anilines is 1. The Bertz CT molecular complexity index is 1520. The van der Waals surface area contributed by atoms with E-state index in [9.17, 15) is 29.7 Å². The number of nitrogens with one attached hydrogen (secondary N) is 2. The summed E-state index contributed by atoms with van der Waals surface area (Å²) in [4.78, 5) is 41.6. The van der Waals surface area contributed by atoms with E-state index in [4.69, 9.17) is 24.2 Å². The van der Waals surface area contributed by atoms with Crippen LogP contribution in [0.3, 0.4) is 0 Å². The number of hydroxylamine groups is 1. The molecule has 6 N–H and O–H groups in total. The molecule has 15 nitrogen and oxygen atoms in total. The molecule has 3 fully saturated rings. The first-order chi connectivity index (χ1) is 27.7. The third kappa shape index (κ3) is 12.4. The minimum Gasteiger partial charge on any atom is -0.459 e. The van der Waals surface area contributed by atoms with E-state index in [-0.39, 0.29) is 36.8 Å². The fourth-order valence-electron chi connectivity index (χ4n) is 9.48. The second-order valence-electron chi connectivity index (χ2n) is 18.3. The van der Waals surface area contributed by atoms with Crippen molar-refractivity contribution in [1.82, 2.24) is 15.3 Å². The lowest BCUT2D eigenvalue weighted by Gasteiger charge is -2.56. The summed E-state index contributed by atoms with van der Waals surface area (Å²) < 4.78 is 26.4. The maximum absolute atomic E-state index is 13.6. The minimum atomic E-state index is -1.74. The lowest BCUT2D eigenvalue weighted by atomic mass is 9.76. The standard InChI is InChI=1S/C44H74N4O11/c1-11-34-44(8,54)39(52)30(6)47(9)24-26(2)23-43(7)40(28(4)37(51)29(5)41(53)57-34)58-42-38(59-43)33(22-27(3)56-42)48(10)25-31-18-20-32(21-19-31)45-35(49)16-14-12-13-15-17-36(50)46-55/h18-21,26-30,33-34,37-40,42,51-52,54-55H,11-17,22-25H2,1-10H3,(H,45,49)(H,46,50)/t26-,27-,28+,29-,30-,33+,34-,37+,38-,39-,40-,42+,43-,44-/m1/s1. The van der Waals surface area contributed by atoms with Gasteiger partial charge in [0, 0.05) is 49.6 Å². The van der Waals surface area contributed by atoms with Gasteiger partial charge in [0.05, 0.1) is 29.8 Å². The van der Waals surface area contributed by atoms with Crippen molar-refractivity contribution in [3.8, 4) is 0 Å². The monoisotopic (exact) mass is 835 g/mol. The van der Waals surface area contributed by atoms with E-state index in [0.29, 0.717) is 50.9 Å². The number of carbonyl (C=O) groups is 3. The Morgan fingerprint density at radius 1 is 0.966 bits per heavy atom. The number of carbonyl (C=O) groups excluding carboxylic acids is 3. The average molecular weight is 835 g/mol. The molecule has 0 bridgehead atoms. The molecule has 0 spiro atoms. The highest BCUT2D eigenvalue weighted by molar-refractivity contribution is 5.90. The first-order valence-electron chi connectivity index (χ1n) is 21.7. The van der Waals surface area contributed by atoms with Crippen LogP contribution in [0.2, 0.25) is 0 Å². The van der Waals surface area contributed by atoms with Crippen LogP contribution >= 0.6 is 0 Å². The molecule has 2 amide bonds. The number of unbranched alkanes of at least 4 members (excludes halogenated alkanes) is 3. The minimum absolute atomic E-state index is 0.0321. The smallest absolute Gasteiger partial charge is 0.311 e. The molecule has 3 aliphatic rings. The number of fused-ring (bicyclic) bond motifs is 2. The Morgan fingerprint density at radius 2 is 1.59 bits per heavy atom. The van der Waals surface area contributed by atoms with Gasteiger partial charge in [0.25, 0.3) is 0 Å². The van der Waals surface area contributed by atoms with Gasteiger partial charge in [-0.1, -0.05) is 45.7 Å². The van der Waals surface area contributed by atoms with Crippen molar-refractivity contribution in [2.75, 3.05) is 26.0 Å². The van der Waals surface area contributed by atoms with E-state index in [1.807, 2.05) is 63.9 Å². The van der Waals surface area contributed by atoms with E-state index in [1.54, 1.807) is 19.3 Å². The number of likely N-dealkylation sites (N-methyl/N-ethyl adjacent to an activating group) is 2. The summed E-state index contributed by atoms with van der Waals surface area (Å²) in [5, 5.41) is 46.4. The lowest BCUT2D eigenvalue weighted by Crippen LogP contribution is -2.67. The number of aliphatic hydroxyl groups excluding tert-OH is 2. The van der Waals surface area contributed by atoms with Gasteiger partial charge < -0.3 is 44.5 Å². The Balaban J connectivity index is 1.49. The van der Waals surface area contributed by atoms with Crippen molar-refractivity contribution in [1.29, 1.82) is 0 Å². The van der Waals surface area contributed by atoms with Gasteiger partial charge >= 0.3 is 5.97 Å². The molecule has 59 heavy (non-hydrogen) atoms. The summed E-state index contributed by atoms with van der Waals surface area (Å²) in [6.45, 7) is 15.9. The fraction of sp³-hybridized carbons (Fsp3) is 0.795. The topological polar surface area (TPSA) is 200 Å². The number of nitrogens with zero attached hydrogens (tertiary/aromatic N) is 2. The number of ether oxygens (including phenoxy) is 4. The zero-order valence-corrected chi connectivity index (χ0v) is 37.1. The second-order valence-corrected chi connectivity index (χ2v) is 18.3. The van der Waals surface area contributed by atoms with Crippen LogP contribution in [0.4, 0.5) is 5.69 Å². The number of hydrogen-bond acceptors (Lipinski definition) is 13. The summed E-state index contributed by atoms with van der Waals surface area (Å²) >= 11 is 0. The van der Waals surface area contributed by atoms with E-state index < -0.39 is 77.8 Å². The molecule has 14 atom stereocenters. The van der Waals surface area contributed by atoms with Crippen molar-refractivity contribution in [3.63, 3.8) is 0 Å². The summed E-state index contributed by atoms with van der Waals surface area (Å²) in [7, 11) is 3.97. The SMILES string of the molecule is CC[C@H]1OC(=O)[C@H](C)[C@@H](O)[C@H](C)[C@H]2O[C@@H]3O[C@H](C)C[C@H](N(C)Cc4ccc(NC(=O)CCCCCCC(=O)NO)cc4)[C@H]3O[C@]2(C)C[C@@H](C)CN(C)[C@H](C)[C@@H](O)[C@]1(C)O. The highest BCUT2D eigenvalue weighted by Crippen LogP contribution is 2.44. The van der Waals surface area contributed by atoms with Crippen LogP contribution in [0, 0.1) is 17.8 Å². The third-order valence-corrected chi connectivity index (χ3v) is 13.1. The number of hydrogen-bond donors (Lipinski definition) is 6. The van der Waals surface area contributed by atoms with Crippen LogP contribution < -0.4 is 10.8 Å². The maximum Gasteiger partial charge on any atom is 0.311 e. The summed E-state index contributed by atoms with van der Waals surface area (Å²) in [5.74, 6) is -2.64. The maximum atomic E-state index is 13.6. The molecule has 3 saturated heterocycles. The van der Waals surface area contributed by atoms with Crippen molar-refractivity contribution in [2.24, 2.45) is 17.8 Å². The normalized spacial score (nSPS) is 37.6. The molecule has 0 aliphatic carbocycles. The molecule has 1 aromatic carbocycles. The molecular weight excluding hydrogens is 761 g/mol. The molecule has 3 aliphatic heterocycles. The molecule has 3 heterocycles. The van der Waals surface area contributed by atoms with Crippen LogP contribution in [0.25, 0.3) is 0 Å². The quantitative estimate of drug-likeness (QED) is 0.0752. The Labute approximate surface area is 351 Å². The summed E-state index contributed by atoms with van der Waals surface area (Å²) in [6.07, 6.45) is -0.241. The van der Waals surface area contributed by atoms with Crippen LogP contribution in [0.1, 0.15) is 119 Å². The molecule has 336 valence electrons. The average Bonchev–Trinajstić information content (AvgIpc) is 3.19. The Morgan fingerprint density at radius 3 is 2.20 bits per heavy atom. The molecule has 0 aromatic heterocycles. The Hall–Kier alpha value is -2.73. The number of amides is 2. The first kappa shape index (κ1) is 48.9. The number of esters is 1. The van der Waals surface area contributed by atoms with Gasteiger partial charge in [0.2, 0.25) is 11.8 Å². The molecule has 4 rings (SSSR count). The van der Waals surface area contributed by atoms with Gasteiger partial charge in [-0.15, -0.1) is 0 Å². The zero-order valence-electron chi connectivity index (χ0n) is 37.1. The lowest BCUT2D eigenvalue weighted by molar-refractivity contribution is -0.374. The largest absolute Gasteiger partial charge is 0.459 e. The molecule has 0 saturated carbocycles. The van der Waals surface area contributed by atoms with Gasteiger partial charge in [-0.3, -0.25) is 24.5 Å². The molecule has 15 heteroatoms. The zero-order chi connectivity index (χ0) is 43.8. The van der Waals surface area contributed by atoms with Crippen LogP contribution in [0.15, 0.2) is 24.3 Å². The van der Waals surface area contributed by atoms with Gasteiger partial charge in [-0.25, -0.2) is 5.48 Å². The molecule has 0 unspecified atom stereocenters. The van der Waals surface area contributed by atoms with Crippen molar-refractivity contribution < 1.29 is 53.9 Å². The fourth-order valence-corrected chi connectivity index (χ4v) is 9.48. The van der Waals surface area contributed by atoms with Crippen molar-refractivity contribution in [3.05, 3.63) is 29.8 Å². The van der Waals surface area contributed by atoms with Crippen LogP contribution in [-0.4, -0.2) is 135 Å². The van der Waals surface area contributed by atoms with E-state index >= 15 is 0 Å². The van der Waals surface area contributed by atoms with E-state index in [0.717, 1.165) is 18.4 Å². The summed E-state index contributed by atoms with van der Waals surface area (Å²) in [5.41, 5.74) is 0.749.